The van der Waals surface area contributed by atoms with Gasteiger partial charge in [-0.2, -0.15) is 0 Å². The fraction of sp³-hybridized carbons (Fsp3) is 0.400. The van der Waals surface area contributed by atoms with Crippen LogP contribution in [0.2, 0.25) is 0 Å². The zero-order valence-corrected chi connectivity index (χ0v) is 13.7. The van der Waals surface area contributed by atoms with E-state index in [1.165, 1.54) is 0 Å². The molecule has 24 heavy (non-hydrogen) atoms. The van der Waals surface area contributed by atoms with Crippen LogP contribution in [-0.4, -0.2) is 35.8 Å². The molecule has 0 aromatic heterocycles. The van der Waals surface area contributed by atoms with E-state index < -0.39 is 0 Å². The lowest BCUT2D eigenvalue weighted by Gasteiger charge is -2.32. The number of nitrogens with zero attached hydrogens (tertiary/aromatic N) is 1. The number of likely N-dealkylation sites (tertiary alicyclic amines) is 1. The normalized spacial score (nSPS) is 18.6. The first-order valence-electron chi connectivity index (χ1n) is 8.80. The van der Waals surface area contributed by atoms with Gasteiger partial charge in [0.2, 0.25) is 5.91 Å². The summed E-state index contributed by atoms with van der Waals surface area (Å²) in [6, 6.07) is 14.1. The average molecular weight is 322 g/mol. The summed E-state index contributed by atoms with van der Waals surface area (Å²) in [5.74, 6) is 0.549. The van der Waals surface area contributed by atoms with Gasteiger partial charge in [-0.1, -0.05) is 36.4 Å². The van der Waals surface area contributed by atoms with Crippen molar-refractivity contribution in [1.29, 1.82) is 0 Å². The molecule has 4 rings (SSSR count). The Morgan fingerprint density at radius 3 is 2.38 bits per heavy atom. The third-order valence-electron chi connectivity index (χ3n) is 5.10. The lowest BCUT2D eigenvalue weighted by molar-refractivity contribution is -0.123. The maximum Gasteiger partial charge on any atom is 0.254 e. The molecular weight excluding hydrogens is 300 g/mol. The molecule has 1 aliphatic carbocycles. The minimum atomic E-state index is 0.0961. The van der Waals surface area contributed by atoms with E-state index in [1.807, 2.05) is 47.4 Å². The first kappa shape index (κ1) is 15.2. The second-order valence-electron chi connectivity index (χ2n) is 6.88. The van der Waals surface area contributed by atoms with Gasteiger partial charge in [0.25, 0.3) is 5.91 Å². The van der Waals surface area contributed by atoms with Crippen molar-refractivity contribution in [3.63, 3.8) is 0 Å². The monoisotopic (exact) mass is 322 g/mol. The average Bonchev–Trinajstić information content (AvgIpc) is 3.46. The first-order valence-corrected chi connectivity index (χ1v) is 8.80. The maximum absolute atomic E-state index is 12.9. The molecule has 0 bridgehead atoms. The third kappa shape index (κ3) is 3.01. The molecule has 1 aliphatic heterocycles. The van der Waals surface area contributed by atoms with E-state index in [4.69, 9.17) is 0 Å². The van der Waals surface area contributed by atoms with Crippen LogP contribution in [-0.2, 0) is 4.79 Å². The molecule has 1 saturated carbocycles. The lowest BCUT2D eigenvalue weighted by atomic mass is 10.0. The summed E-state index contributed by atoms with van der Waals surface area (Å²) >= 11 is 0. The van der Waals surface area contributed by atoms with E-state index in [2.05, 4.69) is 5.32 Å². The van der Waals surface area contributed by atoms with Crippen molar-refractivity contribution < 1.29 is 9.59 Å². The molecule has 4 heteroatoms. The van der Waals surface area contributed by atoms with Gasteiger partial charge in [0.05, 0.1) is 0 Å². The quantitative estimate of drug-likeness (QED) is 0.944. The Bertz CT molecular complexity index is 769. The van der Waals surface area contributed by atoms with Crippen molar-refractivity contribution >= 4 is 22.6 Å². The molecule has 0 unspecified atom stereocenters. The van der Waals surface area contributed by atoms with E-state index in [0.717, 1.165) is 42.0 Å². The lowest BCUT2D eigenvalue weighted by Crippen LogP contribution is -2.46. The highest BCUT2D eigenvalue weighted by molar-refractivity contribution is 6.07. The predicted molar refractivity (Wildman–Crippen MR) is 93.7 cm³/mol. The molecule has 1 heterocycles. The van der Waals surface area contributed by atoms with E-state index in [0.29, 0.717) is 13.1 Å². The van der Waals surface area contributed by atoms with Crippen molar-refractivity contribution in [2.75, 3.05) is 13.1 Å². The number of hydrogen-bond donors (Lipinski definition) is 1. The molecule has 4 nitrogen and oxygen atoms in total. The highest BCUT2D eigenvalue weighted by Gasteiger charge is 2.32. The zero-order valence-electron chi connectivity index (χ0n) is 13.7. The minimum absolute atomic E-state index is 0.0961. The number of benzene rings is 2. The Kier molecular flexibility index (Phi) is 3.97. The number of hydrogen-bond acceptors (Lipinski definition) is 2. The molecule has 0 spiro atoms. The minimum Gasteiger partial charge on any atom is -0.353 e. The molecule has 0 atom stereocenters. The SMILES string of the molecule is O=C(NC1CCN(C(=O)c2cccc3ccccc23)CC1)C1CC1. The van der Waals surface area contributed by atoms with Gasteiger partial charge in [-0.3, -0.25) is 9.59 Å². The Hall–Kier alpha value is -2.36. The maximum atomic E-state index is 12.9. The molecule has 1 N–H and O–H groups in total. The van der Waals surface area contributed by atoms with Crippen LogP contribution in [0.3, 0.4) is 0 Å². The highest BCUT2D eigenvalue weighted by Crippen LogP contribution is 2.29. The number of nitrogens with one attached hydrogen (secondary N) is 1. The smallest absolute Gasteiger partial charge is 0.254 e. The number of carbonyl (C=O) groups excluding carboxylic acids is 2. The van der Waals surface area contributed by atoms with Crippen molar-refractivity contribution in [2.45, 2.75) is 31.7 Å². The van der Waals surface area contributed by atoms with Crippen molar-refractivity contribution in [2.24, 2.45) is 5.92 Å². The van der Waals surface area contributed by atoms with Crippen LogP contribution in [0.5, 0.6) is 0 Å². The zero-order chi connectivity index (χ0) is 16.5. The van der Waals surface area contributed by atoms with Crippen molar-refractivity contribution in [3.05, 3.63) is 48.0 Å². The van der Waals surface area contributed by atoms with Crippen LogP contribution in [0, 0.1) is 5.92 Å². The number of fused-ring (bicyclic) bond motifs is 1. The molecule has 2 aliphatic rings. The van der Waals surface area contributed by atoms with Gasteiger partial charge in [-0.05, 0) is 42.5 Å². The van der Waals surface area contributed by atoms with Gasteiger partial charge in [-0.15, -0.1) is 0 Å². The van der Waals surface area contributed by atoms with Gasteiger partial charge in [0.1, 0.15) is 0 Å². The van der Waals surface area contributed by atoms with Gasteiger partial charge < -0.3 is 10.2 Å². The Balaban J connectivity index is 1.43. The fourth-order valence-corrected chi connectivity index (χ4v) is 3.47. The predicted octanol–water partition coefficient (Wildman–Crippen LogP) is 2.97. The number of carbonyl (C=O) groups is 2. The Morgan fingerprint density at radius 1 is 0.917 bits per heavy atom. The fourth-order valence-electron chi connectivity index (χ4n) is 3.47. The molecule has 2 amide bonds. The van der Waals surface area contributed by atoms with Crippen LogP contribution in [0.15, 0.2) is 42.5 Å². The van der Waals surface area contributed by atoms with Crippen LogP contribution in [0.1, 0.15) is 36.0 Å². The van der Waals surface area contributed by atoms with Crippen LogP contribution < -0.4 is 5.32 Å². The molecule has 124 valence electrons. The summed E-state index contributed by atoms with van der Waals surface area (Å²) in [7, 11) is 0. The van der Waals surface area contributed by atoms with Gasteiger partial charge in [0.15, 0.2) is 0 Å². The standard InChI is InChI=1S/C20H22N2O2/c23-19(15-8-9-15)21-16-10-12-22(13-11-16)20(24)18-7-3-5-14-4-1-2-6-17(14)18/h1-7,15-16H,8-13H2,(H,21,23). The molecule has 2 aromatic rings. The van der Waals surface area contributed by atoms with E-state index in [1.54, 1.807) is 0 Å². The molecule has 0 radical (unpaired) electrons. The largest absolute Gasteiger partial charge is 0.353 e. The Morgan fingerprint density at radius 2 is 1.62 bits per heavy atom. The second-order valence-corrected chi connectivity index (χ2v) is 6.88. The molecule has 2 fully saturated rings. The van der Waals surface area contributed by atoms with Gasteiger partial charge >= 0.3 is 0 Å². The van der Waals surface area contributed by atoms with Crippen molar-refractivity contribution in [1.82, 2.24) is 10.2 Å². The number of piperidine rings is 1. The van der Waals surface area contributed by atoms with Crippen LogP contribution in [0.4, 0.5) is 0 Å². The number of amides is 2. The summed E-state index contributed by atoms with van der Waals surface area (Å²) < 4.78 is 0. The third-order valence-corrected chi connectivity index (χ3v) is 5.10. The van der Waals surface area contributed by atoms with Gasteiger partial charge in [-0.25, -0.2) is 0 Å². The Labute approximate surface area is 141 Å². The van der Waals surface area contributed by atoms with Crippen LogP contribution in [0.25, 0.3) is 10.8 Å². The van der Waals surface area contributed by atoms with Crippen molar-refractivity contribution in [3.8, 4) is 0 Å². The van der Waals surface area contributed by atoms with Gasteiger partial charge in [0, 0.05) is 30.6 Å². The summed E-state index contributed by atoms with van der Waals surface area (Å²) in [4.78, 5) is 26.7. The topological polar surface area (TPSA) is 49.4 Å². The summed E-state index contributed by atoms with van der Waals surface area (Å²) in [5.41, 5.74) is 0.772. The molecule has 2 aromatic carbocycles. The van der Waals surface area contributed by atoms with Crippen LogP contribution >= 0.6 is 0 Å². The summed E-state index contributed by atoms with van der Waals surface area (Å²) in [5, 5.41) is 5.23. The first-order chi connectivity index (χ1) is 11.7. The highest BCUT2D eigenvalue weighted by atomic mass is 16.2. The molecule has 1 saturated heterocycles. The number of rotatable bonds is 3. The summed E-state index contributed by atoms with van der Waals surface area (Å²) in [6.45, 7) is 1.41. The molecular formula is C20H22N2O2. The van der Waals surface area contributed by atoms with E-state index in [-0.39, 0.29) is 23.8 Å². The summed E-state index contributed by atoms with van der Waals surface area (Å²) in [6.07, 6.45) is 3.75. The second kappa shape index (κ2) is 6.27. The van der Waals surface area contributed by atoms with E-state index in [9.17, 15) is 9.59 Å². The van der Waals surface area contributed by atoms with E-state index >= 15 is 0 Å².